The van der Waals surface area contributed by atoms with E-state index in [1.807, 2.05) is 13.8 Å². The molecular weight excluding hydrogens is 231 g/mol. The second kappa shape index (κ2) is 4.12. The molecule has 2 nitrogen and oxygen atoms in total. The number of nitrogens with zero attached hydrogens (tertiary/aromatic N) is 1. The van der Waals surface area contributed by atoms with Crippen molar-refractivity contribution in [3.05, 3.63) is 0 Å². The molecule has 100 valence electrons. The van der Waals surface area contributed by atoms with Crippen LogP contribution in [-0.2, 0) is 0 Å². The smallest absolute Gasteiger partial charge is 0.391 e. The lowest BCUT2D eigenvalue weighted by Gasteiger charge is -2.34. The molecule has 2 fully saturated rings. The summed E-state index contributed by atoms with van der Waals surface area (Å²) in [4.78, 5) is 1.49. The van der Waals surface area contributed by atoms with Gasteiger partial charge >= 0.3 is 6.18 Å². The minimum atomic E-state index is -4.17. The number of aliphatic hydroxyl groups is 1. The van der Waals surface area contributed by atoms with Crippen LogP contribution in [0.3, 0.4) is 0 Å². The van der Waals surface area contributed by atoms with Crippen molar-refractivity contribution >= 4 is 0 Å². The summed E-state index contributed by atoms with van der Waals surface area (Å²) in [5.41, 5.74) is -0.261. The molecule has 2 unspecified atom stereocenters. The fourth-order valence-corrected chi connectivity index (χ4v) is 2.82. The van der Waals surface area contributed by atoms with Gasteiger partial charge in [-0.25, -0.2) is 0 Å². The number of hydrogen-bond donors (Lipinski definition) is 1. The lowest BCUT2D eigenvalue weighted by molar-refractivity contribution is -0.157. The first-order valence-electron chi connectivity index (χ1n) is 6.21. The van der Waals surface area contributed by atoms with Crippen LogP contribution in [0.4, 0.5) is 13.2 Å². The zero-order chi connectivity index (χ0) is 12.8. The van der Waals surface area contributed by atoms with E-state index < -0.39 is 18.8 Å². The van der Waals surface area contributed by atoms with Crippen LogP contribution in [0.2, 0.25) is 0 Å². The average Bonchev–Trinajstić information content (AvgIpc) is 2.93. The zero-order valence-corrected chi connectivity index (χ0v) is 10.3. The van der Waals surface area contributed by atoms with Crippen LogP contribution in [0.5, 0.6) is 0 Å². The highest BCUT2D eigenvalue weighted by atomic mass is 19.4. The molecule has 0 aliphatic heterocycles. The Hall–Kier alpha value is -0.290. The first kappa shape index (κ1) is 13.1. The van der Waals surface area contributed by atoms with Crippen LogP contribution in [0, 0.1) is 5.41 Å². The van der Waals surface area contributed by atoms with E-state index in [-0.39, 0.29) is 17.5 Å². The minimum absolute atomic E-state index is 0.0326. The molecule has 0 amide bonds. The molecule has 2 aliphatic carbocycles. The van der Waals surface area contributed by atoms with E-state index in [1.54, 1.807) is 0 Å². The molecule has 1 N–H and O–H groups in total. The lowest BCUT2D eigenvalue weighted by atomic mass is 9.88. The second-order valence-electron chi connectivity index (χ2n) is 6.06. The van der Waals surface area contributed by atoms with Crippen molar-refractivity contribution in [2.45, 2.75) is 63.9 Å². The Morgan fingerprint density at radius 3 is 2.18 bits per heavy atom. The number of rotatable bonds is 3. The van der Waals surface area contributed by atoms with Gasteiger partial charge in [0.1, 0.15) is 0 Å². The highest BCUT2D eigenvalue weighted by Crippen LogP contribution is 2.43. The van der Waals surface area contributed by atoms with Crippen molar-refractivity contribution in [3.8, 4) is 0 Å². The van der Waals surface area contributed by atoms with Crippen LogP contribution in [0.1, 0.15) is 39.5 Å². The van der Waals surface area contributed by atoms with E-state index >= 15 is 0 Å². The van der Waals surface area contributed by atoms with Gasteiger partial charge in [0.05, 0.1) is 12.6 Å². The van der Waals surface area contributed by atoms with Gasteiger partial charge in [0, 0.05) is 12.1 Å². The second-order valence-corrected chi connectivity index (χ2v) is 6.06. The van der Waals surface area contributed by atoms with Crippen molar-refractivity contribution < 1.29 is 18.3 Å². The Labute approximate surface area is 99.8 Å². The summed E-state index contributed by atoms with van der Waals surface area (Å²) in [6.45, 7) is 2.97. The van der Waals surface area contributed by atoms with Crippen molar-refractivity contribution in [2.24, 2.45) is 5.41 Å². The zero-order valence-electron chi connectivity index (χ0n) is 10.3. The predicted octanol–water partition coefficient (Wildman–Crippen LogP) is 2.56. The molecule has 0 aromatic rings. The summed E-state index contributed by atoms with van der Waals surface area (Å²) in [7, 11) is 0. The van der Waals surface area contributed by atoms with Crippen LogP contribution >= 0.6 is 0 Å². The molecule has 5 heteroatoms. The fraction of sp³-hybridized carbons (Fsp3) is 1.00. The number of aliphatic hydroxyl groups excluding tert-OH is 1. The monoisotopic (exact) mass is 251 g/mol. The van der Waals surface area contributed by atoms with Gasteiger partial charge in [-0.3, -0.25) is 4.90 Å². The Kier molecular flexibility index (Phi) is 3.19. The Balaban J connectivity index is 2.07. The van der Waals surface area contributed by atoms with E-state index in [0.29, 0.717) is 6.42 Å². The van der Waals surface area contributed by atoms with Crippen molar-refractivity contribution in [3.63, 3.8) is 0 Å². The topological polar surface area (TPSA) is 23.5 Å². The predicted molar refractivity (Wildman–Crippen MR) is 58.6 cm³/mol. The molecule has 0 saturated heterocycles. The van der Waals surface area contributed by atoms with Gasteiger partial charge in [0.15, 0.2) is 0 Å². The maximum atomic E-state index is 12.5. The molecule has 2 saturated carbocycles. The van der Waals surface area contributed by atoms with Gasteiger partial charge in [-0.2, -0.15) is 13.2 Å². The largest absolute Gasteiger partial charge is 0.401 e. The molecule has 2 aliphatic rings. The van der Waals surface area contributed by atoms with Crippen LogP contribution < -0.4 is 0 Å². The summed E-state index contributed by atoms with van der Waals surface area (Å²) >= 11 is 0. The molecular formula is C12H20F3NO. The molecule has 2 atom stereocenters. The van der Waals surface area contributed by atoms with Crippen molar-refractivity contribution in [1.29, 1.82) is 0 Å². The maximum Gasteiger partial charge on any atom is 0.401 e. The van der Waals surface area contributed by atoms with Crippen LogP contribution in [0.25, 0.3) is 0 Å². The summed E-state index contributed by atoms with van der Waals surface area (Å²) in [5, 5.41) is 10.2. The van der Waals surface area contributed by atoms with Gasteiger partial charge in [-0.05, 0) is 31.1 Å². The molecule has 0 aromatic carbocycles. The van der Waals surface area contributed by atoms with Gasteiger partial charge in [-0.15, -0.1) is 0 Å². The molecule has 0 radical (unpaired) electrons. The number of hydrogen-bond acceptors (Lipinski definition) is 2. The number of alkyl halides is 3. The fourth-order valence-electron chi connectivity index (χ4n) is 2.82. The van der Waals surface area contributed by atoms with E-state index in [9.17, 15) is 18.3 Å². The summed E-state index contributed by atoms with van der Waals surface area (Å²) in [6.07, 6.45) is -1.69. The third-order valence-corrected chi connectivity index (χ3v) is 4.05. The highest BCUT2D eigenvalue weighted by Gasteiger charge is 2.49. The molecule has 0 heterocycles. The van der Waals surface area contributed by atoms with E-state index in [1.165, 1.54) is 4.90 Å². The summed E-state index contributed by atoms with van der Waals surface area (Å²) in [6, 6.07) is -0.288. The Morgan fingerprint density at radius 1 is 1.24 bits per heavy atom. The van der Waals surface area contributed by atoms with E-state index in [4.69, 9.17) is 0 Å². The maximum absolute atomic E-state index is 12.5. The quantitative estimate of drug-likeness (QED) is 0.833. The molecule has 0 spiro atoms. The molecule has 0 aromatic heterocycles. The summed E-state index contributed by atoms with van der Waals surface area (Å²) < 4.78 is 37.6. The van der Waals surface area contributed by atoms with Gasteiger partial charge in [-0.1, -0.05) is 13.8 Å². The SMILES string of the molecule is CC1(C)CCC(N(CC(F)(F)F)C2CC2)C1O. The normalized spacial score (nSPS) is 33.4. The van der Waals surface area contributed by atoms with Gasteiger partial charge < -0.3 is 5.11 Å². The molecule has 17 heavy (non-hydrogen) atoms. The first-order chi connectivity index (χ1) is 7.71. The Bertz CT molecular complexity index is 286. The minimum Gasteiger partial charge on any atom is -0.391 e. The van der Waals surface area contributed by atoms with Gasteiger partial charge in [0.2, 0.25) is 0 Å². The number of halogens is 3. The summed E-state index contributed by atoms with van der Waals surface area (Å²) in [5.74, 6) is 0. The third kappa shape index (κ3) is 2.94. The van der Waals surface area contributed by atoms with Crippen molar-refractivity contribution in [1.82, 2.24) is 4.90 Å². The standard InChI is InChI=1S/C12H20F3NO/c1-11(2)6-5-9(10(11)17)16(8-3-4-8)7-12(13,14)15/h8-10,17H,3-7H2,1-2H3. The van der Waals surface area contributed by atoms with Crippen LogP contribution in [0.15, 0.2) is 0 Å². The van der Waals surface area contributed by atoms with Gasteiger partial charge in [0.25, 0.3) is 0 Å². The van der Waals surface area contributed by atoms with Crippen LogP contribution in [-0.4, -0.2) is 40.9 Å². The average molecular weight is 251 g/mol. The lowest BCUT2D eigenvalue weighted by Crippen LogP contribution is -2.48. The van der Waals surface area contributed by atoms with Crippen molar-refractivity contribution in [2.75, 3.05) is 6.54 Å². The Morgan fingerprint density at radius 2 is 1.82 bits per heavy atom. The molecule has 2 rings (SSSR count). The van der Waals surface area contributed by atoms with E-state index in [2.05, 4.69) is 0 Å². The highest BCUT2D eigenvalue weighted by molar-refractivity contribution is 5.00. The van der Waals surface area contributed by atoms with E-state index in [0.717, 1.165) is 19.3 Å². The molecule has 0 bridgehead atoms. The first-order valence-corrected chi connectivity index (χ1v) is 6.21. The third-order valence-electron chi connectivity index (χ3n) is 4.05.